The first-order valence-corrected chi connectivity index (χ1v) is 10.2. The predicted octanol–water partition coefficient (Wildman–Crippen LogP) is -2.92. The van der Waals surface area contributed by atoms with Crippen LogP contribution in [-0.4, -0.2) is 105 Å². The number of aliphatic hydroxyl groups is 6. The molecule has 2 unspecified atom stereocenters. The maximum Gasteiger partial charge on any atom is 0.544 e. The lowest BCUT2D eigenvalue weighted by molar-refractivity contribution is -0.294. The molecule has 166 valence electrons. The van der Waals surface area contributed by atoms with E-state index in [0.717, 1.165) is 0 Å². The van der Waals surface area contributed by atoms with Gasteiger partial charge in [-0.1, -0.05) is 0 Å². The van der Waals surface area contributed by atoms with E-state index in [1.165, 1.54) is 13.0 Å². The van der Waals surface area contributed by atoms with Crippen molar-refractivity contribution < 1.29 is 54.0 Å². The van der Waals surface area contributed by atoms with Crippen molar-refractivity contribution in [1.29, 1.82) is 0 Å². The minimum atomic E-state index is -2.40. The van der Waals surface area contributed by atoms with Gasteiger partial charge >= 0.3 is 8.03 Å². The van der Waals surface area contributed by atoms with Crippen LogP contribution < -0.4 is 5.32 Å². The van der Waals surface area contributed by atoms with Crippen LogP contribution in [-0.2, 0) is 23.4 Å². The third-order valence-electron chi connectivity index (χ3n) is 4.61. The molecule has 1 fully saturated rings. The van der Waals surface area contributed by atoms with Crippen LogP contribution in [0.5, 0.6) is 0 Å². The zero-order valence-electron chi connectivity index (χ0n) is 15.7. The molecule has 9 atom stereocenters. The van der Waals surface area contributed by atoms with Crippen molar-refractivity contribution in [3.8, 4) is 0 Å². The Balaban J connectivity index is 1.83. The van der Waals surface area contributed by atoms with Crippen molar-refractivity contribution in [3.05, 3.63) is 11.4 Å². The van der Waals surface area contributed by atoms with Gasteiger partial charge in [-0.2, -0.15) is 0 Å². The monoisotopic (exact) mass is 440 g/mol. The number of hydrogen-bond acceptors (Lipinski definition) is 11. The van der Waals surface area contributed by atoms with Gasteiger partial charge in [-0.15, -0.1) is 4.52 Å². The molecule has 0 aromatic heterocycles. The van der Waals surface area contributed by atoms with Gasteiger partial charge in [-0.3, -0.25) is 4.79 Å². The average molecular weight is 440 g/mol. The number of aliphatic hydroxyl groups excluding tert-OH is 6. The first-order chi connectivity index (χ1) is 13.6. The topological polar surface area (TPSA) is 195 Å². The molecular weight excluding hydrogens is 413 g/mol. The zero-order chi connectivity index (χ0) is 21.7. The van der Waals surface area contributed by atoms with Crippen LogP contribution in [0.25, 0.3) is 0 Å². The van der Waals surface area contributed by atoms with Gasteiger partial charge in [0.2, 0.25) is 11.2 Å². The third-order valence-corrected chi connectivity index (χ3v) is 5.83. The number of hydrogen-bond donors (Lipinski definition) is 7. The number of carbonyl (C=O) groups is 1. The van der Waals surface area contributed by atoms with Crippen LogP contribution >= 0.6 is 8.03 Å². The molecule has 1 amide bonds. The molecule has 0 saturated carbocycles. The molecule has 29 heavy (non-hydrogen) atoms. The molecule has 0 spiro atoms. The zero-order valence-corrected chi connectivity index (χ0v) is 16.6. The summed E-state index contributed by atoms with van der Waals surface area (Å²) in [6.45, 7) is 0.226. The molecule has 2 aliphatic rings. The summed E-state index contributed by atoms with van der Waals surface area (Å²) in [7, 11) is -2.40. The molecule has 1 aliphatic heterocycles. The Morgan fingerprint density at radius 1 is 1.24 bits per heavy atom. The fraction of sp³-hybridized carbons (Fsp3) is 0.812. The summed E-state index contributed by atoms with van der Waals surface area (Å²) in [5, 5.41) is 61.2. The normalized spacial score (nSPS) is 38.3. The van der Waals surface area contributed by atoms with Crippen LogP contribution in [0.3, 0.4) is 0 Å². The lowest BCUT2D eigenvalue weighted by Gasteiger charge is -2.39. The second kappa shape index (κ2) is 10.8. The number of nitrogens with one attached hydrogen (secondary N) is 1. The van der Waals surface area contributed by atoms with Crippen LogP contribution in [0.4, 0.5) is 0 Å². The first-order valence-electron chi connectivity index (χ1n) is 9.02. The molecule has 0 aromatic carbocycles. The highest BCUT2D eigenvalue weighted by Gasteiger charge is 2.44. The van der Waals surface area contributed by atoms with Crippen molar-refractivity contribution in [2.24, 2.45) is 0 Å². The summed E-state index contributed by atoms with van der Waals surface area (Å²) < 4.78 is 27.5. The maximum atomic E-state index is 12.2. The Morgan fingerprint density at radius 3 is 2.52 bits per heavy atom. The number of carbonyl (C=O) groups excluding carboxylic acids is 1. The van der Waals surface area contributed by atoms with Crippen LogP contribution in [0.15, 0.2) is 11.4 Å². The van der Waals surface area contributed by atoms with E-state index in [9.17, 15) is 34.9 Å². The number of amides is 1. The SMILES string of the molecule is CC(=O)N[C@H]1[C@H](O)C=C([P+](=O)OCCO[C@H]2[C@@H](O)[C@@H](CO)OC(O)[C@@H]2O)C[C@@H]1O. The summed E-state index contributed by atoms with van der Waals surface area (Å²) in [4.78, 5) is 11.1. The Labute approximate surface area is 167 Å². The molecule has 13 heteroatoms. The van der Waals surface area contributed by atoms with Crippen molar-refractivity contribution in [3.63, 3.8) is 0 Å². The van der Waals surface area contributed by atoms with Gasteiger partial charge in [-0.05, 0) is 10.6 Å². The van der Waals surface area contributed by atoms with E-state index >= 15 is 0 Å². The van der Waals surface area contributed by atoms with E-state index in [0.29, 0.717) is 0 Å². The van der Waals surface area contributed by atoms with E-state index in [1.807, 2.05) is 0 Å². The van der Waals surface area contributed by atoms with E-state index in [1.54, 1.807) is 0 Å². The first kappa shape index (κ1) is 24.2. The fourth-order valence-corrected chi connectivity index (χ4v) is 4.16. The summed E-state index contributed by atoms with van der Waals surface area (Å²) in [5.74, 6) is -0.422. The largest absolute Gasteiger partial charge is 0.544 e. The third kappa shape index (κ3) is 6.22. The van der Waals surface area contributed by atoms with Gasteiger partial charge < -0.3 is 45.4 Å². The van der Waals surface area contributed by atoms with Crippen LogP contribution in [0.1, 0.15) is 13.3 Å². The molecule has 2 rings (SSSR count). The second-order valence-corrected chi connectivity index (χ2v) is 8.15. The van der Waals surface area contributed by atoms with E-state index in [2.05, 4.69) is 5.32 Å². The molecule has 7 N–H and O–H groups in total. The van der Waals surface area contributed by atoms with Gasteiger partial charge in [-0.25, -0.2) is 0 Å². The quantitative estimate of drug-likeness (QED) is 0.151. The van der Waals surface area contributed by atoms with Gasteiger partial charge in [0.25, 0.3) is 0 Å². The highest BCUT2D eigenvalue weighted by molar-refractivity contribution is 7.44. The number of rotatable bonds is 8. The highest BCUT2D eigenvalue weighted by Crippen LogP contribution is 2.40. The number of ether oxygens (including phenoxy) is 2. The fourth-order valence-electron chi connectivity index (χ4n) is 3.14. The minimum Gasteiger partial charge on any atom is -0.394 e. The van der Waals surface area contributed by atoms with Gasteiger partial charge in [0.1, 0.15) is 31.0 Å². The minimum absolute atomic E-state index is 0.0696. The van der Waals surface area contributed by atoms with Crippen LogP contribution in [0, 0.1) is 0 Å². The van der Waals surface area contributed by atoms with Crippen molar-refractivity contribution >= 4 is 13.9 Å². The summed E-state index contributed by atoms with van der Waals surface area (Å²) in [6, 6.07) is -0.912. The molecule has 0 radical (unpaired) electrons. The molecule has 1 heterocycles. The molecular formula is C16H27NO11P+. The molecule has 0 aromatic rings. The van der Waals surface area contributed by atoms with E-state index in [4.69, 9.17) is 19.1 Å². The predicted molar refractivity (Wildman–Crippen MR) is 95.6 cm³/mol. The van der Waals surface area contributed by atoms with Crippen molar-refractivity contribution in [1.82, 2.24) is 5.32 Å². The summed E-state index contributed by atoms with van der Waals surface area (Å²) in [5.41, 5.74) is 0. The van der Waals surface area contributed by atoms with Gasteiger partial charge in [0.05, 0.1) is 31.5 Å². The average Bonchev–Trinajstić information content (AvgIpc) is 2.66. The van der Waals surface area contributed by atoms with Crippen LogP contribution in [0.2, 0.25) is 0 Å². The van der Waals surface area contributed by atoms with E-state index < -0.39 is 69.5 Å². The van der Waals surface area contributed by atoms with Gasteiger partial charge in [0.15, 0.2) is 6.29 Å². The molecule has 0 bridgehead atoms. The summed E-state index contributed by atoms with van der Waals surface area (Å²) >= 11 is 0. The second-order valence-electron chi connectivity index (χ2n) is 6.80. The van der Waals surface area contributed by atoms with E-state index in [-0.39, 0.29) is 24.9 Å². The standard InChI is InChI=1S/C16H26NO11P/c1-7(19)17-12-9(20)4-8(5-10(12)21)29(25)27-3-2-26-15-13(22)11(6-18)28-16(24)14(15)23/h4,9-16,18,20-24H,2-3,5-6H2,1H3/p+1/t9-,10+,11-,12+,13+,14-,15+,16?/m1/s1. The van der Waals surface area contributed by atoms with Crippen molar-refractivity contribution in [2.45, 2.75) is 62.3 Å². The Morgan fingerprint density at radius 2 is 1.93 bits per heavy atom. The Kier molecular flexibility index (Phi) is 9.04. The molecule has 12 nitrogen and oxygen atoms in total. The molecule has 1 saturated heterocycles. The summed E-state index contributed by atoms with van der Waals surface area (Å²) in [6.07, 6.45) is -8.19. The lowest BCUT2D eigenvalue weighted by atomic mass is 9.95. The highest BCUT2D eigenvalue weighted by atomic mass is 31.1. The van der Waals surface area contributed by atoms with Crippen molar-refractivity contribution in [2.75, 3.05) is 19.8 Å². The Bertz CT molecular complexity index is 618. The molecule has 1 aliphatic carbocycles. The smallest absolute Gasteiger partial charge is 0.394 e. The van der Waals surface area contributed by atoms with Gasteiger partial charge in [0, 0.05) is 13.3 Å². The Hall–Kier alpha value is -1.05. The lowest BCUT2D eigenvalue weighted by Crippen LogP contribution is -2.59. The maximum absolute atomic E-state index is 12.2.